The second-order valence-electron chi connectivity index (χ2n) is 6.23. The monoisotopic (exact) mass is 283 g/mol. The second-order valence-corrected chi connectivity index (χ2v) is 6.23. The maximum absolute atomic E-state index is 12.4. The second kappa shape index (κ2) is 8.63. The van der Waals surface area contributed by atoms with E-state index in [1.807, 2.05) is 4.90 Å². The Morgan fingerprint density at radius 1 is 1.20 bits per heavy atom. The molecule has 4 nitrogen and oxygen atoms in total. The van der Waals surface area contributed by atoms with Gasteiger partial charge in [-0.15, -0.1) is 0 Å². The first-order valence-electron chi connectivity index (χ1n) is 8.25. The van der Waals surface area contributed by atoms with Crippen LogP contribution in [0.5, 0.6) is 0 Å². The molecule has 20 heavy (non-hydrogen) atoms. The number of amides is 1. The molecule has 1 N–H and O–H groups in total. The first-order valence-corrected chi connectivity index (χ1v) is 8.25. The summed E-state index contributed by atoms with van der Waals surface area (Å²) in [6.07, 6.45) is 2.41. The molecule has 1 saturated heterocycles. The number of piperidine rings is 1. The van der Waals surface area contributed by atoms with E-state index in [4.69, 9.17) is 0 Å². The number of rotatable bonds is 7. The normalized spacial score (nSPS) is 19.3. The quantitative estimate of drug-likeness (QED) is 0.776. The molecule has 0 saturated carbocycles. The van der Waals surface area contributed by atoms with Gasteiger partial charge in [0.15, 0.2) is 0 Å². The third kappa shape index (κ3) is 5.06. The molecule has 1 atom stereocenters. The highest BCUT2D eigenvalue weighted by atomic mass is 16.2. The summed E-state index contributed by atoms with van der Waals surface area (Å²) in [4.78, 5) is 16.7. The Labute approximate surface area is 124 Å². The minimum Gasteiger partial charge on any atom is -0.342 e. The van der Waals surface area contributed by atoms with Crippen LogP contribution < -0.4 is 5.32 Å². The minimum atomic E-state index is 0.0360. The highest BCUT2D eigenvalue weighted by Gasteiger charge is 2.28. The molecule has 0 radical (unpaired) electrons. The van der Waals surface area contributed by atoms with Crippen LogP contribution in [0, 0.1) is 5.92 Å². The summed E-state index contributed by atoms with van der Waals surface area (Å²) in [7, 11) is 0. The molecule has 0 aromatic rings. The van der Waals surface area contributed by atoms with Crippen LogP contribution in [-0.2, 0) is 4.79 Å². The van der Waals surface area contributed by atoms with Gasteiger partial charge >= 0.3 is 0 Å². The highest BCUT2D eigenvalue weighted by Crippen LogP contribution is 2.19. The third-order valence-electron chi connectivity index (χ3n) is 4.44. The molecule has 1 aliphatic heterocycles. The Bertz CT molecular complexity index is 281. The predicted molar refractivity (Wildman–Crippen MR) is 84.8 cm³/mol. The zero-order chi connectivity index (χ0) is 15.1. The zero-order valence-corrected chi connectivity index (χ0v) is 14.0. The third-order valence-corrected chi connectivity index (χ3v) is 4.44. The minimum absolute atomic E-state index is 0.0360. The van der Waals surface area contributed by atoms with Crippen molar-refractivity contribution in [2.24, 2.45) is 5.92 Å². The van der Waals surface area contributed by atoms with E-state index in [1.54, 1.807) is 0 Å². The fourth-order valence-electron chi connectivity index (χ4n) is 2.90. The summed E-state index contributed by atoms with van der Waals surface area (Å²) in [5, 5.41) is 3.52. The summed E-state index contributed by atoms with van der Waals surface area (Å²) in [5.74, 6) is 1.05. The Kier molecular flexibility index (Phi) is 7.52. The average Bonchev–Trinajstić information content (AvgIpc) is 2.46. The number of hydrogen-bond donors (Lipinski definition) is 1. The van der Waals surface area contributed by atoms with E-state index in [0.29, 0.717) is 6.04 Å². The van der Waals surface area contributed by atoms with E-state index < -0.39 is 0 Å². The van der Waals surface area contributed by atoms with Gasteiger partial charge in [0.25, 0.3) is 0 Å². The van der Waals surface area contributed by atoms with E-state index >= 15 is 0 Å². The fraction of sp³-hybridized carbons (Fsp3) is 0.938. The summed E-state index contributed by atoms with van der Waals surface area (Å²) >= 11 is 0. The van der Waals surface area contributed by atoms with Gasteiger partial charge in [-0.1, -0.05) is 13.8 Å². The van der Waals surface area contributed by atoms with E-state index in [0.717, 1.165) is 38.6 Å². The predicted octanol–water partition coefficient (Wildman–Crippen LogP) is 1.95. The van der Waals surface area contributed by atoms with Crippen molar-refractivity contribution in [2.75, 3.05) is 32.7 Å². The lowest BCUT2D eigenvalue weighted by Gasteiger charge is -2.37. The largest absolute Gasteiger partial charge is 0.342 e. The lowest BCUT2D eigenvalue weighted by molar-refractivity contribution is -0.136. The van der Waals surface area contributed by atoms with Crippen LogP contribution in [0.15, 0.2) is 0 Å². The van der Waals surface area contributed by atoms with Gasteiger partial charge in [0.1, 0.15) is 0 Å². The van der Waals surface area contributed by atoms with Crippen LogP contribution in [0.2, 0.25) is 0 Å². The SMILES string of the molecule is CCN(CC)C(=O)C(C)N1CCC(CNC(C)C)CC1. The molecule has 0 aromatic carbocycles. The standard InChI is InChI=1S/C16H33N3O/c1-6-18(7-2)16(20)14(5)19-10-8-15(9-11-19)12-17-13(3)4/h13-15,17H,6-12H2,1-5H3. The molecule has 1 fully saturated rings. The van der Waals surface area contributed by atoms with Gasteiger partial charge in [-0.3, -0.25) is 9.69 Å². The molecule has 0 aliphatic carbocycles. The molecule has 1 unspecified atom stereocenters. The average molecular weight is 283 g/mol. The Morgan fingerprint density at radius 3 is 2.20 bits per heavy atom. The van der Waals surface area contributed by atoms with Crippen molar-refractivity contribution in [3.63, 3.8) is 0 Å². The van der Waals surface area contributed by atoms with Gasteiger partial charge in [0.2, 0.25) is 5.91 Å². The van der Waals surface area contributed by atoms with Crippen molar-refractivity contribution >= 4 is 5.91 Å². The number of likely N-dealkylation sites (N-methyl/N-ethyl adjacent to an activating group) is 1. The number of nitrogens with zero attached hydrogens (tertiary/aromatic N) is 2. The van der Waals surface area contributed by atoms with E-state index in [-0.39, 0.29) is 11.9 Å². The van der Waals surface area contributed by atoms with Crippen LogP contribution in [0.25, 0.3) is 0 Å². The van der Waals surface area contributed by atoms with Gasteiger partial charge in [-0.2, -0.15) is 0 Å². The Hall–Kier alpha value is -0.610. The smallest absolute Gasteiger partial charge is 0.239 e. The first kappa shape index (κ1) is 17.4. The maximum atomic E-state index is 12.4. The number of carbonyl (C=O) groups is 1. The van der Waals surface area contributed by atoms with Crippen molar-refractivity contribution in [1.29, 1.82) is 0 Å². The molecule has 1 rings (SSSR count). The van der Waals surface area contributed by atoms with Crippen LogP contribution in [-0.4, -0.2) is 60.5 Å². The highest BCUT2D eigenvalue weighted by molar-refractivity contribution is 5.81. The van der Waals surface area contributed by atoms with E-state index in [2.05, 4.69) is 44.8 Å². The van der Waals surface area contributed by atoms with Crippen molar-refractivity contribution in [2.45, 2.75) is 59.5 Å². The van der Waals surface area contributed by atoms with Gasteiger partial charge in [0, 0.05) is 19.1 Å². The van der Waals surface area contributed by atoms with Crippen LogP contribution in [0.4, 0.5) is 0 Å². The topological polar surface area (TPSA) is 35.6 Å². The molecule has 0 bridgehead atoms. The lowest BCUT2D eigenvalue weighted by atomic mass is 9.95. The maximum Gasteiger partial charge on any atom is 0.239 e. The molecule has 118 valence electrons. The van der Waals surface area contributed by atoms with Crippen molar-refractivity contribution in [3.8, 4) is 0 Å². The van der Waals surface area contributed by atoms with Gasteiger partial charge in [-0.25, -0.2) is 0 Å². The molecule has 1 heterocycles. The molecular formula is C16H33N3O. The fourth-order valence-corrected chi connectivity index (χ4v) is 2.90. The summed E-state index contributed by atoms with van der Waals surface area (Å²) in [5.41, 5.74) is 0. The molecule has 0 aromatic heterocycles. The summed E-state index contributed by atoms with van der Waals surface area (Å²) in [6.45, 7) is 15.4. The van der Waals surface area contributed by atoms with Gasteiger partial charge in [-0.05, 0) is 59.2 Å². The van der Waals surface area contributed by atoms with Crippen molar-refractivity contribution < 1.29 is 4.79 Å². The number of carbonyl (C=O) groups excluding carboxylic acids is 1. The lowest BCUT2D eigenvalue weighted by Crippen LogP contribution is -2.50. The Balaban J connectivity index is 2.38. The Morgan fingerprint density at radius 2 is 1.75 bits per heavy atom. The van der Waals surface area contributed by atoms with E-state index in [1.165, 1.54) is 12.8 Å². The van der Waals surface area contributed by atoms with Gasteiger partial charge in [0.05, 0.1) is 6.04 Å². The van der Waals surface area contributed by atoms with Crippen LogP contribution in [0.3, 0.4) is 0 Å². The molecule has 1 amide bonds. The molecule has 4 heteroatoms. The number of nitrogens with one attached hydrogen (secondary N) is 1. The molecule has 0 spiro atoms. The van der Waals surface area contributed by atoms with Crippen molar-refractivity contribution in [1.82, 2.24) is 15.1 Å². The number of hydrogen-bond acceptors (Lipinski definition) is 3. The van der Waals surface area contributed by atoms with Gasteiger partial charge < -0.3 is 10.2 Å². The summed E-state index contributed by atoms with van der Waals surface area (Å²) < 4.78 is 0. The summed E-state index contributed by atoms with van der Waals surface area (Å²) in [6, 6.07) is 0.602. The zero-order valence-electron chi connectivity index (χ0n) is 14.0. The first-order chi connectivity index (χ1) is 9.49. The van der Waals surface area contributed by atoms with E-state index in [9.17, 15) is 4.79 Å². The van der Waals surface area contributed by atoms with Crippen LogP contribution >= 0.6 is 0 Å². The number of likely N-dealkylation sites (tertiary alicyclic amines) is 1. The molecular weight excluding hydrogens is 250 g/mol. The van der Waals surface area contributed by atoms with Crippen LogP contribution in [0.1, 0.15) is 47.5 Å². The molecule has 1 aliphatic rings. The van der Waals surface area contributed by atoms with Crippen molar-refractivity contribution in [3.05, 3.63) is 0 Å².